The minimum absolute atomic E-state index is 0.00375. The highest BCUT2D eigenvalue weighted by Crippen LogP contribution is 2.31. The van der Waals surface area contributed by atoms with Gasteiger partial charge in [-0.25, -0.2) is 4.79 Å². The van der Waals surface area contributed by atoms with Crippen molar-refractivity contribution in [1.29, 1.82) is 0 Å². The van der Waals surface area contributed by atoms with Crippen LogP contribution in [0.3, 0.4) is 0 Å². The molecule has 0 bridgehead atoms. The topological polar surface area (TPSA) is 111 Å². The minimum Gasteiger partial charge on any atom is -0.550 e. The fourth-order valence-electron chi connectivity index (χ4n) is 1.55. The molecule has 0 aliphatic heterocycles. The number of carbonyl (C=O) groups excluding carboxylic acids is 1. The summed E-state index contributed by atoms with van der Waals surface area (Å²) in [5.74, 6) is -2.23. The van der Waals surface area contributed by atoms with E-state index in [1.807, 2.05) is 0 Å². The van der Waals surface area contributed by atoms with Gasteiger partial charge in [-0.3, -0.25) is 0 Å². The summed E-state index contributed by atoms with van der Waals surface area (Å²) in [6, 6.07) is 3.19. The van der Waals surface area contributed by atoms with E-state index in [1.54, 1.807) is 0 Å². The van der Waals surface area contributed by atoms with Crippen LogP contribution in [-0.2, 0) is 11.2 Å². The third-order valence-electron chi connectivity index (χ3n) is 2.26. The van der Waals surface area contributed by atoms with Crippen molar-refractivity contribution in [2.24, 2.45) is 0 Å². The van der Waals surface area contributed by atoms with Crippen molar-refractivity contribution in [1.82, 2.24) is 0 Å². The number of fused-ring (bicyclic) bond motifs is 1. The molecule has 0 spiro atoms. The summed E-state index contributed by atoms with van der Waals surface area (Å²) < 4.78 is 4.78. The van der Waals surface area contributed by atoms with Crippen molar-refractivity contribution in [3.63, 3.8) is 0 Å². The van der Waals surface area contributed by atoms with Gasteiger partial charge in [0, 0.05) is 29.9 Å². The Morgan fingerprint density at radius 2 is 1.88 bits per heavy atom. The van der Waals surface area contributed by atoms with E-state index in [4.69, 9.17) is 4.42 Å². The zero-order valence-corrected chi connectivity index (χ0v) is 8.47. The number of aliphatic carboxylic acids is 1. The number of hydrogen-bond acceptors (Lipinski definition) is 6. The van der Waals surface area contributed by atoms with Crippen molar-refractivity contribution in [2.75, 3.05) is 0 Å². The smallest absolute Gasteiger partial charge is 0.336 e. The molecule has 1 aromatic carbocycles. The number of phenols is 2. The van der Waals surface area contributed by atoms with Crippen LogP contribution in [0.1, 0.15) is 5.56 Å². The maximum absolute atomic E-state index is 11.2. The molecule has 88 valence electrons. The fraction of sp³-hybridized carbons (Fsp3) is 0.0909. The van der Waals surface area contributed by atoms with E-state index < -0.39 is 29.5 Å². The second kappa shape index (κ2) is 3.82. The van der Waals surface area contributed by atoms with Crippen molar-refractivity contribution < 1.29 is 24.5 Å². The molecule has 2 aromatic rings. The number of carboxylic acids is 1. The van der Waals surface area contributed by atoms with E-state index in [-0.39, 0.29) is 16.5 Å². The first-order valence-corrected chi connectivity index (χ1v) is 4.66. The molecule has 0 unspecified atom stereocenters. The van der Waals surface area contributed by atoms with Crippen LogP contribution in [0.5, 0.6) is 11.5 Å². The first-order valence-electron chi connectivity index (χ1n) is 4.66. The summed E-state index contributed by atoms with van der Waals surface area (Å²) >= 11 is 0. The molecule has 0 radical (unpaired) electrons. The molecule has 2 N–H and O–H groups in total. The Labute approximate surface area is 94.4 Å². The number of phenolic OH excluding ortho intramolecular Hbond substituents is 2. The average molecular weight is 235 g/mol. The van der Waals surface area contributed by atoms with E-state index >= 15 is 0 Å². The molecular formula is C11H7O6-. The summed E-state index contributed by atoms with van der Waals surface area (Å²) in [5, 5.41) is 29.3. The Morgan fingerprint density at radius 3 is 2.53 bits per heavy atom. The number of benzene rings is 1. The van der Waals surface area contributed by atoms with E-state index in [2.05, 4.69) is 0 Å². The number of aromatic hydroxyl groups is 2. The largest absolute Gasteiger partial charge is 0.550 e. The van der Waals surface area contributed by atoms with Crippen LogP contribution in [0, 0.1) is 0 Å². The average Bonchev–Trinajstić information content (AvgIpc) is 2.20. The van der Waals surface area contributed by atoms with Gasteiger partial charge in [-0.15, -0.1) is 0 Å². The molecule has 1 aromatic heterocycles. The maximum atomic E-state index is 11.2. The van der Waals surface area contributed by atoms with E-state index in [0.717, 1.165) is 18.2 Å². The Balaban J connectivity index is 2.78. The molecule has 2 rings (SSSR count). The summed E-state index contributed by atoms with van der Waals surface area (Å²) in [6.07, 6.45) is -0.480. The van der Waals surface area contributed by atoms with Crippen molar-refractivity contribution >= 4 is 16.9 Å². The number of rotatable bonds is 2. The van der Waals surface area contributed by atoms with Crippen LogP contribution in [0.2, 0.25) is 0 Å². The molecule has 0 saturated carbocycles. The van der Waals surface area contributed by atoms with Crippen LogP contribution < -0.4 is 10.7 Å². The van der Waals surface area contributed by atoms with Gasteiger partial charge in [0.15, 0.2) is 11.5 Å². The van der Waals surface area contributed by atoms with Gasteiger partial charge in [-0.1, -0.05) is 0 Å². The van der Waals surface area contributed by atoms with Gasteiger partial charge in [-0.05, 0) is 11.6 Å². The summed E-state index contributed by atoms with van der Waals surface area (Å²) in [6.45, 7) is 0. The second-order valence-corrected chi connectivity index (χ2v) is 3.48. The number of carboxylic acid groups (broad SMARTS) is 1. The molecule has 0 atom stereocenters. The first kappa shape index (κ1) is 11.0. The standard InChI is InChI=1S/C11H8O6/c12-7-3-6-5(1-10(14)15)2-11(16)17-9(6)4-8(7)13/h2-4,12-13H,1H2,(H,14,15)/p-1. The molecule has 6 nitrogen and oxygen atoms in total. The highest BCUT2D eigenvalue weighted by molar-refractivity contribution is 5.86. The molecule has 0 amide bonds. The van der Waals surface area contributed by atoms with Crippen molar-refractivity contribution in [2.45, 2.75) is 6.42 Å². The molecular weight excluding hydrogens is 228 g/mol. The Kier molecular flexibility index (Phi) is 2.47. The molecule has 0 aliphatic carbocycles. The van der Waals surface area contributed by atoms with Crippen LogP contribution in [0.4, 0.5) is 0 Å². The highest BCUT2D eigenvalue weighted by Gasteiger charge is 2.10. The molecule has 0 aliphatic rings. The molecule has 17 heavy (non-hydrogen) atoms. The van der Waals surface area contributed by atoms with Crippen LogP contribution in [-0.4, -0.2) is 16.2 Å². The van der Waals surface area contributed by atoms with Gasteiger partial charge in [0.2, 0.25) is 0 Å². The van der Waals surface area contributed by atoms with Gasteiger partial charge < -0.3 is 24.5 Å². The zero-order chi connectivity index (χ0) is 12.6. The van der Waals surface area contributed by atoms with Crippen LogP contribution in [0.25, 0.3) is 11.0 Å². The predicted octanol–water partition coefficient (Wildman–Crippen LogP) is -0.503. The lowest BCUT2D eigenvalue weighted by Gasteiger charge is -2.07. The number of hydrogen-bond donors (Lipinski definition) is 2. The predicted molar refractivity (Wildman–Crippen MR) is 54.5 cm³/mol. The third kappa shape index (κ3) is 2.05. The monoisotopic (exact) mass is 235 g/mol. The van der Waals surface area contributed by atoms with Crippen molar-refractivity contribution in [3.05, 3.63) is 34.2 Å². The van der Waals surface area contributed by atoms with Gasteiger partial charge in [0.1, 0.15) is 5.58 Å². The number of carbonyl (C=O) groups is 1. The van der Waals surface area contributed by atoms with Gasteiger partial charge in [0.25, 0.3) is 0 Å². The molecule has 6 heteroatoms. The SMILES string of the molecule is O=C([O-])Cc1cc(=O)oc2cc(O)c(O)cc12. The van der Waals surface area contributed by atoms with E-state index in [0.29, 0.717) is 0 Å². The normalized spacial score (nSPS) is 10.6. The Hall–Kier alpha value is -2.50. The summed E-state index contributed by atoms with van der Waals surface area (Å²) in [4.78, 5) is 21.7. The van der Waals surface area contributed by atoms with Gasteiger partial charge in [-0.2, -0.15) is 0 Å². The van der Waals surface area contributed by atoms with Crippen LogP contribution in [0.15, 0.2) is 27.4 Å². The second-order valence-electron chi connectivity index (χ2n) is 3.48. The summed E-state index contributed by atoms with van der Waals surface area (Å²) in [7, 11) is 0. The van der Waals surface area contributed by atoms with Crippen LogP contribution >= 0.6 is 0 Å². The fourth-order valence-corrected chi connectivity index (χ4v) is 1.55. The molecule has 1 heterocycles. The lowest BCUT2D eigenvalue weighted by atomic mass is 10.1. The molecule has 0 fully saturated rings. The molecule has 0 saturated heterocycles. The third-order valence-corrected chi connectivity index (χ3v) is 2.26. The van der Waals surface area contributed by atoms with E-state index in [1.165, 1.54) is 0 Å². The van der Waals surface area contributed by atoms with Crippen molar-refractivity contribution in [3.8, 4) is 11.5 Å². The van der Waals surface area contributed by atoms with Gasteiger partial charge in [0.05, 0.1) is 0 Å². The lowest BCUT2D eigenvalue weighted by molar-refractivity contribution is -0.304. The zero-order valence-electron chi connectivity index (χ0n) is 8.47. The quantitative estimate of drug-likeness (QED) is 0.536. The van der Waals surface area contributed by atoms with E-state index in [9.17, 15) is 24.9 Å². The Morgan fingerprint density at radius 1 is 1.24 bits per heavy atom. The maximum Gasteiger partial charge on any atom is 0.336 e. The minimum atomic E-state index is -1.36. The Bertz CT molecular complexity index is 655. The first-order chi connectivity index (χ1) is 7.97. The van der Waals surface area contributed by atoms with Gasteiger partial charge >= 0.3 is 5.63 Å². The lowest BCUT2D eigenvalue weighted by Crippen LogP contribution is -2.25. The highest BCUT2D eigenvalue weighted by atomic mass is 16.4. The summed E-state index contributed by atoms with van der Waals surface area (Å²) in [5.41, 5.74) is -0.575.